The van der Waals surface area contributed by atoms with Crippen LogP contribution in [0.4, 0.5) is 4.39 Å². The predicted octanol–water partition coefficient (Wildman–Crippen LogP) is 2.41. The van der Waals surface area contributed by atoms with E-state index in [1.807, 2.05) is 0 Å². The summed E-state index contributed by atoms with van der Waals surface area (Å²) in [6.07, 6.45) is 3.05. The van der Waals surface area contributed by atoms with Crippen molar-refractivity contribution in [3.8, 4) is 5.69 Å². The maximum absolute atomic E-state index is 13.2. The van der Waals surface area contributed by atoms with Crippen LogP contribution in [0.2, 0.25) is 0 Å². The molecule has 0 saturated heterocycles. The zero-order valence-electron chi connectivity index (χ0n) is 13.5. The molecule has 1 amide bonds. The fourth-order valence-electron chi connectivity index (χ4n) is 2.98. The van der Waals surface area contributed by atoms with E-state index in [1.54, 1.807) is 0 Å². The van der Waals surface area contributed by atoms with Crippen molar-refractivity contribution < 1.29 is 14.0 Å². The van der Waals surface area contributed by atoms with E-state index >= 15 is 0 Å². The maximum atomic E-state index is 13.2. The fourth-order valence-corrected chi connectivity index (χ4v) is 2.98. The van der Waals surface area contributed by atoms with Gasteiger partial charge in [0.05, 0.1) is 0 Å². The molecule has 0 radical (unpaired) electrons. The Balaban J connectivity index is 2.24. The third kappa shape index (κ3) is 3.15. The normalized spacial score (nSPS) is 13.2. The minimum atomic E-state index is -0.568. The molecule has 6 heteroatoms. The van der Waals surface area contributed by atoms with Gasteiger partial charge in [-0.3, -0.25) is 19.0 Å². The lowest BCUT2D eigenvalue weighted by molar-refractivity contribution is 0.0956. The van der Waals surface area contributed by atoms with Gasteiger partial charge in [-0.2, -0.15) is 0 Å². The molecule has 2 aromatic rings. The van der Waals surface area contributed by atoms with Gasteiger partial charge in [0.1, 0.15) is 11.4 Å². The molecular weight excluding hydrogens is 323 g/mol. The molecule has 1 aliphatic carbocycles. The molecule has 3 rings (SSSR count). The van der Waals surface area contributed by atoms with Crippen LogP contribution < -0.4 is 10.9 Å². The number of aromatic nitrogens is 1. The molecule has 0 saturated carbocycles. The first-order chi connectivity index (χ1) is 12.0. The largest absolute Gasteiger partial charge is 0.348 e. The molecule has 0 aliphatic heterocycles. The highest BCUT2D eigenvalue weighted by atomic mass is 19.1. The first-order valence-corrected chi connectivity index (χ1v) is 8.00. The maximum Gasteiger partial charge on any atom is 0.268 e. The summed E-state index contributed by atoms with van der Waals surface area (Å²) in [7, 11) is 0. The van der Waals surface area contributed by atoms with E-state index in [-0.39, 0.29) is 17.9 Å². The molecule has 1 heterocycles. The molecule has 0 bridgehead atoms. The summed E-state index contributed by atoms with van der Waals surface area (Å²) in [6.45, 7) is 3.72. The molecular formula is C19H17FN2O3. The predicted molar refractivity (Wildman–Crippen MR) is 91.8 cm³/mol. The van der Waals surface area contributed by atoms with Gasteiger partial charge in [-0.15, -0.1) is 6.58 Å². The SMILES string of the molecule is C=CCNC(=O)c1cc2c(n(-c3ccc(F)cc3)c1=O)CCCC2=O. The number of benzene rings is 1. The molecule has 1 aromatic carbocycles. The van der Waals surface area contributed by atoms with Gasteiger partial charge < -0.3 is 5.32 Å². The quantitative estimate of drug-likeness (QED) is 0.869. The second-order valence-corrected chi connectivity index (χ2v) is 5.81. The lowest BCUT2D eigenvalue weighted by Gasteiger charge is -2.21. The third-order valence-corrected chi connectivity index (χ3v) is 4.16. The van der Waals surface area contributed by atoms with Crippen molar-refractivity contribution >= 4 is 11.7 Å². The summed E-state index contributed by atoms with van der Waals surface area (Å²) in [6, 6.07) is 6.77. The third-order valence-electron chi connectivity index (χ3n) is 4.16. The van der Waals surface area contributed by atoms with E-state index in [1.165, 1.54) is 41.0 Å². The van der Waals surface area contributed by atoms with Crippen LogP contribution in [0.15, 0.2) is 47.8 Å². The average molecular weight is 340 g/mol. The Morgan fingerprint density at radius 3 is 2.64 bits per heavy atom. The minimum absolute atomic E-state index is 0.102. The van der Waals surface area contributed by atoms with Gasteiger partial charge in [-0.25, -0.2) is 4.39 Å². The molecule has 128 valence electrons. The molecule has 1 aromatic heterocycles. The number of hydrogen-bond acceptors (Lipinski definition) is 3. The number of hydrogen-bond donors (Lipinski definition) is 1. The van der Waals surface area contributed by atoms with E-state index in [4.69, 9.17) is 0 Å². The average Bonchev–Trinajstić information content (AvgIpc) is 2.60. The van der Waals surface area contributed by atoms with Gasteiger partial charge in [0, 0.05) is 29.9 Å². The standard InChI is InChI=1S/C19H17FN2O3/c1-2-10-21-18(24)15-11-14-16(4-3-5-17(14)23)22(19(15)25)13-8-6-12(20)7-9-13/h2,6-9,11H,1,3-5,10H2,(H,21,24). The number of carbonyl (C=O) groups is 2. The number of ketones is 1. The van der Waals surface area contributed by atoms with Crippen LogP contribution in [0.25, 0.3) is 5.69 Å². The summed E-state index contributed by atoms with van der Waals surface area (Å²) < 4.78 is 14.6. The van der Waals surface area contributed by atoms with Crippen molar-refractivity contribution in [1.29, 1.82) is 0 Å². The van der Waals surface area contributed by atoms with Crippen LogP contribution in [0.1, 0.15) is 39.3 Å². The number of Topliss-reactive ketones (excluding diaryl/α,β-unsaturated/α-hetero) is 1. The van der Waals surface area contributed by atoms with E-state index in [0.29, 0.717) is 36.2 Å². The van der Waals surface area contributed by atoms with Crippen LogP contribution in [0.3, 0.4) is 0 Å². The lowest BCUT2D eigenvalue weighted by atomic mass is 9.92. The molecule has 0 unspecified atom stereocenters. The van der Waals surface area contributed by atoms with Crippen LogP contribution in [0, 0.1) is 5.82 Å². The van der Waals surface area contributed by atoms with Crippen LogP contribution in [-0.4, -0.2) is 22.8 Å². The van der Waals surface area contributed by atoms with Gasteiger partial charge in [0.25, 0.3) is 11.5 Å². The molecule has 0 fully saturated rings. The monoisotopic (exact) mass is 340 g/mol. The molecule has 1 aliphatic rings. The molecule has 0 spiro atoms. The van der Waals surface area contributed by atoms with Crippen molar-refractivity contribution in [2.24, 2.45) is 0 Å². The number of fused-ring (bicyclic) bond motifs is 1. The number of pyridine rings is 1. The highest BCUT2D eigenvalue weighted by Gasteiger charge is 2.26. The van der Waals surface area contributed by atoms with Gasteiger partial charge in [0.2, 0.25) is 0 Å². The fraction of sp³-hybridized carbons (Fsp3) is 0.211. The molecule has 1 N–H and O–H groups in total. The minimum Gasteiger partial charge on any atom is -0.348 e. The number of halogens is 1. The van der Waals surface area contributed by atoms with Crippen molar-refractivity contribution in [2.45, 2.75) is 19.3 Å². The first-order valence-electron chi connectivity index (χ1n) is 8.00. The van der Waals surface area contributed by atoms with Crippen LogP contribution in [-0.2, 0) is 6.42 Å². The summed E-state index contributed by atoms with van der Waals surface area (Å²) in [5.41, 5.74) is 0.726. The van der Waals surface area contributed by atoms with Crippen molar-refractivity contribution in [3.05, 3.63) is 76.0 Å². The number of amides is 1. The van der Waals surface area contributed by atoms with E-state index in [9.17, 15) is 18.8 Å². The highest BCUT2D eigenvalue weighted by molar-refractivity contribution is 6.02. The van der Waals surface area contributed by atoms with Crippen molar-refractivity contribution in [3.63, 3.8) is 0 Å². The topological polar surface area (TPSA) is 68.2 Å². The Bertz CT molecular complexity index is 914. The van der Waals surface area contributed by atoms with Gasteiger partial charge in [-0.05, 0) is 43.2 Å². The lowest BCUT2D eigenvalue weighted by Crippen LogP contribution is -2.36. The van der Waals surface area contributed by atoms with Crippen molar-refractivity contribution in [1.82, 2.24) is 9.88 Å². The zero-order valence-corrected chi connectivity index (χ0v) is 13.5. The summed E-state index contributed by atoms with van der Waals surface area (Å²) >= 11 is 0. The van der Waals surface area contributed by atoms with Gasteiger partial charge >= 0.3 is 0 Å². The highest BCUT2D eigenvalue weighted by Crippen LogP contribution is 2.23. The molecule has 25 heavy (non-hydrogen) atoms. The summed E-state index contributed by atoms with van der Waals surface area (Å²) in [4.78, 5) is 37.5. The summed E-state index contributed by atoms with van der Waals surface area (Å²) in [5.74, 6) is -1.10. The molecule has 0 atom stereocenters. The van der Waals surface area contributed by atoms with E-state index < -0.39 is 17.3 Å². The van der Waals surface area contributed by atoms with E-state index in [2.05, 4.69) is 11.9 Å². The molecule has 5 nitrogen and oxygen atoms in total. The Morgan fingerprint density at radius 1 is 1.24 bits per heavy atom. The number of carbonyl (C=O) groups excluding carboxylic acids is 2. The Hall–Kier alpha value is -3.02. The van der Waals surface area contributed by atoms with Crippen molar-refractivity contribution in [2.75, 3.05) is 6.54 Å². The van der Waals surface area contributed by atoms with Crippen LogP contribution >= 0.6 is 0 Å². The van der Waals surface area contributed by atoms with E-state index in [0.717, 1.165) is 0 Å². The number of rotatable bonds is 4. The second-order valence-electron chi connectivity index (χ2n) is 5.81. The van der Waals surface area contributed by atoms with Gasteiger partial charge in [0.15, 0.2) is 5.78 Å². The number of nitrogens with zero attached hydrogens (tertiary/aromatic N) is 1. The second kappa shape index (κ2) is 6.84. The number of nitrogens with one attached hydrogen (secondary N) is 1. The Labute approximate surface area is 143 Å². The Kier molecular flexibility index (Phi) is 4.61. The summed E-state index contributed by atoms with van der Waals surface area (Å²) in [5, 5.41) is 2.56. The smallest absolute Gasteiger partial charge is 0.268 e. The first kappa shape index (κ1) is 16.8. The zero-order chi connectivity index (χ0) is 18.0. The Morgan fingerprint density at radius 2 is 1.96 bits per heavy atom. The van der Waals surface area contributed by atoms with Crippen LogP contribution in [0.5, 0.6) is 0 Å². The van der Waals surface area contributed by atoms with Gasteiger partial charge in [-0.1, -0.05) is 6.08 Å².